The van der Waals surface area contributed by atoms with Gasteiger partial charge in [0.05, 0.1) is 0 Å². The number of nitrogens with zero attached hydrogens (tertiary/aromatic N) is 1. The first-order valence-electron chi connectivity index (χ1n) is 7.82. The number of hydrogen-bond acceptors (Lipinski definition) is 1. The Morgan fingerprint density at radius 2 is 1.95 bits per heavy atom. The summed E-state index contributed by atoms with van der Waals surface area (Å²) < 4.78 is 16.5. The lowest BCUT2D eigenvalue weighted by Crippen LogP contribution is -2.17. The van der Waals surface area contributed by atoms with Gasteiger partial charge in [-0.25, -0.2) is 4.39 Å². The van der Waals surface area contributed by atoms with E-state index in [0.29, 0.717) is 5.56 Å². The van der Waals surface area contributed by atoms with Crippen LogP contribution in [0.25, 0.3) is 22.0 Å². The fourth-order valence-electron chi connectivity index (χ4n) is 3.34. The summed E-state index contributed by atoms with van der Waals surface area (Å²) in [7, 11) is 0. The van der Waals surface area contributed by atoms with Crippen molar-refractivity contribution in [1.82, 2.24) is 9.88 Å². The van der Waals surface area contributed by atoms with Gasteiger partial charge >= 0.3 is 0 Å². The molecule has 2 nitrogen and oxygen atoms in total. The maximum atomic E-state index is 14.2. The summed E-state index contributed by atoms with van der Waals surface area (Å²) in [5.41, 5.74) is 5.28. The monoisotopic (exact) mass is 294 g/mol. The third kappa shape index (κ3) is 2.22. The van der Waals surface area contributed by atoms with E-state index in [0.717, 1.165) is 37.2 Å². The van der Waals surface area contributed by atoms with Crippen molar-refractivity contribution in [3.63, 3.8) is 0 Å². The van der Waals surface area contributed by atoms with Crippen LogP contribution in [0.5, 0.6) is 0 Å². The highest BCUT2D eigenvalue weighted by molar-refractivity contribution is 5.86. The number of benzene rings is 2. The molecule has 0 fully saturated rings. The molecular formula is C19H19FN2. The zero-order chi connectivity index (χ0) is 15.1. The molecule has 0 aliphatic carbocycles. The number of fused-ring (bicyclic) bond motifs is 3. The van der Waals surface area contributed by atoms with Crippen LogP contribution in [0.1, 0.15) is 11.3 Å². The van der Waals surface area contributed by atoms with E-state index in [1.165, 1.54) is 16.6 Å². The molecule has 2 heterocycles. The first kappa shape index (κ1) is 13.5. The van der Waals surface area contributed by atoms with E-state index in [9.17, 15) is 4.39 Å². The number of aryl methyl sites for hydroxylation is 1. The van der Waals surface area contributed by atoms with E-state index in [-0.39, 0.29) is 5.82 Å². The second kappa shape index (κ2) is 5.25. The third-order valence-electron chi connectivity index (χ3n) is 4.49. The molecule has 22 heavy (non-hydrogen) atoms. The number of nitrogens with one attached hydrogen (secondary N) is 1. The molecule has 0 amide bonds. The minimum absolute atomic E-state index is 0.158. The van der Waals surface area contributed by atoms with Crippen molar-refractivity contribution in [3.05, 3.63) is 59.5 Å². The fourth-order valence-corrected chi connectivity index (χ4v) is 3.34. The van der Waals surface area contributed by atoms with E-state index < -0.39 is 0 Å². The van der Waals surface area contributed by atoms with Crippen molar-refractivity contribution in [2.45, 2.75) is 19.9 Å². The van der Waals surface area contributed by atoms with Gasteiger partial charge in [-0.1, -0.05) is 23.8 Å². The predicted octanol–water partition coefficient (Wildman–Crippen LogP) is 3.90. The van der Waals surface area contributed by atoms with Crippen LogP contribution in [0, 0.1) is 12.7 Å². The van der Waals surface area contributed by atoms with Crippen LogP contribution < -0.4 is 5.32 Å². The summed E-state index contributed by atoms with van der Waals surface area (Å²) in [6.45, 7) is 4.98. The van der Waals surface area contributed by atoms with Gasteiger partial charge in [0.15, 0.2) is 0 Å². The summed E-state index contributed by atoms with van der Waals surface area (Å²) in [6, 6.07) is 13.8. The summed E-state index contributed by atoms with van der Waals surface area (Å²) >= 11 is 0. The van der Waals surface area contributed by atoms with Gasteiger partial charge in [-0.3, -0.25) is 0 Å². The van der Waals surface area contributed by atoms with E-state index in [4.69, 9.17) is 0 Å². The zero-order valence-corrected chi connectivity index (χ0v) is 12.7. The summed E-state index contributed by atoms with van der Waals surface area (Å²) in [4.78, 5) is 0. The van der Waals surface area contributed by atoms with Crippen LogP contribution in [0.3, 0.4) is 0 Å². The second-order valence-corrected chi connectivity index (χ2v) is 6.04. The van der Waals surface area contributed by atoms with Gasteiger partial charge in [0.2, 0.25) is 0 Å². The van der Waals surface area contributed by atoms with E-state index in [2.05, 4.69) is 28.1 Å². The minimum atomic E-state index is -0.158. The molecular weight excluding hydrogens is 275 g/mol. The largest absolute Gasteiger partial charge is 0.343 e. The molecule has 0 atom stereocenters. The summed E-state index contributed by atoms with van der Waals surface area (Å²) in [5.74, 6) is -0.158. The van der Waals surface area contributed by atoms with Gasteiger partial charge in [0.1, 0.15) is 5.82 Å². The molecule has 0 radical (unpaired) electrons. The number of aromatic nitrogens is 1. The Morgan fingerprint density at radius 1 is 1.05 bits per heavy atom. The van der Waals surface area contributed by atoms with Gasteiger partial charge < -0.3 is 9.88 Å². The van der Waals surface area contributed by atoms with Gasteiger partial charge in [-0.15, -0.1) is 0 Å². The highest BCUT2D eigenvalue weighted by Crippen LogP contribution is 2.29. The van der Waals surface area contributed by atoms with Crippen molar-refractivity contribution < 1.29 is 4.39 Å². The van der Waals surface area contributed by atoms with Crippen molar-refractivity contribution in [3.8, 4) is 11.1 Å². The molecule has 1 N–H and O–H groups in total. The molecule has 3 aromatic rings. The molecule has 0 spiro atoms. The SMILES string of the molecule is Cc1ccc(F)c(-c2ccc3cc4n(c3c2)CCNCC4)c1. The molecule has 1 aliphatic heterocycles. The second-order valence-electron chi connectivity index (χ2n) is 6.04. The Bertz CT molecular complexity index is 848. The minimum Gasteiger partial charge on any atom is -0.343 e. The van der Waals surface area contributed by atoms with Crippen LogP contribution in [0.15, 0.2) is 42.5 Å². The Balaban J connectivity index is 1.90. The standard InChI is InChI=1S/C19H19FN2/c1-13-2-5-18(20)17(10-13)14-3-4-15-11-16-6-7-21-8-9-22(16)19(15)12-14/h2-5,10-12,21H,6-9H2,1H3. The molecule has 0 saturated carbocycles. The van der Waals surface area contributed by atoms with Crippen molar-refractivity contribution in [1.29, 1.82) is 0 Å². The van der Waals surface area contributed by atoms with Gasteiger partial charge in [0.25, 0.3) is 0 Å². The van der Waals surface area contributed by atoms with E-state index in [1.807, 2.05) is 25.1 Å². The molecule has 3 heteroatoms. The Kier molecular flexibility index (Phi) is 3.23. The maximum Gasteiger partial charge on any atom is 0.131 e. The van der Waals surface area contributed by atoms with Gasteiger partial charge in [-0.2, -0.15) is 0 Å². The first-order chi connectivity index (χ1) is 10.7. The third-order valence-corrected chi connectivity index (χ3v) is 4.49. The van der Waals surface area contributed by atoms with Crippen LogP contribution in [0.2, 0.25) is 0 Å². The fraction of sp³-hybridized carbons (Fsp3) is 0.263. The molecule has 0 saturated heterocycles. The van der Waals surface area contributed by atoms with E-state index >= 15 is 0 Å². The maximum absolute atomic E-state index is 14.2. The Morgan fingerprint density at radius 3 is 2.86 bits per heavy atom. The first-order valence-corrected chi connectivity index (χ1v) is 7.82. The zero-order valence-electron chi connectivity index (χ0n) is 12.7. The summed E-state index contributed by atoms with van der Waals surface area (Å²) in [5, 5.41) is 4.67. The summed E-state index contributed by atoms with van der Waals surface area (Å²) in [6.07, 6.45) is 1.04. The lowest BCUT2D eigenvalue weighted by Gasteiger charge is -2.09. The van der Waals surface area contributed by atoms with Crippen molar-refractivity contribution in [2.24, 2.45) is 0 Å². The highest BCUT2D eigenvalue weighted by Gasteiger charge is 2.13. The van der Waals surface area contributed by atoms with Crippen molar-refractivity contribution >= 4 is 10.9 Å². The van der Waals surface area contributed by atoms with Crippen LogP contribution in [-0.2, 0) is 13.0 Å². The Labute approximate surface area is 129 Å². The average Bonchev–Trinajstić information content (AvgIpc) is 2.70. The lowest BCUT2D eigenvalue weighted by molar-refractivity contribution is 0.631. The quantitative estimate of drug-likeness (QED) is 0.720. The Hall–Kier alpha value is -2.13. The molecule has 1 aromatic heterocycles. The van der Waals surface area contributed by atoms with Crippen LogP contribution in [0.4, 0.5) is 4.39 Å². The number of hydrogen-bond donors (Lipinski definition) is 1. The van der Waals surface area contributed by atoms with Crippen molar-refractivity contribution in [2.75, 3.05) is 13.1 Å². The van der Waals surface area contributed by atoms with Gasteiger partial charge in [0, 0.05) is 42.8 Å². The molecule has 0 bridgehead atoms. The van der Waals surface area contributed by atoms with Crippen LogP contribution in [-0.4, -0.2) is 17.7 Å². The van der Waals surface area contributed by atoms with Gasteiger partial charge in [-0.05, 0) is 42.1 Å². The topological polar surface area (TPSA) is 17.0 Å². The molecule has 1 aliphatic rings. The number of rotatable bonds is 1. The smallest absolute Gasteiger partial charge is 0.131 e. The molecule has 2 aromatic carbocycles. The normalized spacial score (nSPS) is 14.8. The predicted molar refractivity (Wildman–Crippen MR) is 88.6 cm³/mol. The lowest BCUT2D eigenvalue weighted by atomic mass is 10.0. The molecule has 4 rings (SSSR count). The molecule has 0 unspecified atom stereocenters. The average molecular weight is 294 g/mol. The van der Waals surface area contributed by atoms with Crippen LogP contribution >= 0.6 is 0 Å². The number of halogens is 1. The molecule has 112 valence electrons. The highest BCUT2D eigenvalue weighted by atomic mass is 19.1. The van der Waals surface area contributed by atoms with E-state index in [1.54, 1.807) is 6.07 Å².